The molecule has 26 heavy (non-hydrogen) atoms. The van der Waals surface area contributed by atoms with Crippen LogP contribution < -0.4 is 4.74 Å². The van der Waals surface area contributed by atoms with Gasteiger partial charge in [0.05, 0.1) is 5.60 Å². The lowest BCUT2D eigenvalue weighted by Gasteiger charge is -2.35. The highest BCUT2D eigenvalue weighted by Crippen LogP contribution is 2.35. The summed E-state index contributed by atoms with van der Waals surface area (Å²) in [6, 6.07) is 5.89. The Kier molecular flexibility index (Phi) is 5.88. The number of aromatic nitrogens is 3. The first kappa shape index (κ1) is 18.8. The van der Waals surface area contributed by atoms with E-state index in [1.54, 1.807) is 12.1 Å². The second kappa shape index (κ2) is 8.14. The molecule has 1 saturated heterocycles. The van der Waals surface area contributed by atoms with Crippen LogP contribution in [0.2, 0.25) is 0 Å². The van der Waals surface area contributed by atoms with Crippen molar-refractivity contribution >= 4 is 0 Å². The summed E-state index contributed by atoms with van der Waals surface area (Å²) in [5, 5.41) is 13.7. The van der Waals surface area contributed by atoms with Crippen molar-refractivity contribution in [3.63, 3.8) is 0 Å². The molecule has 1 aromatic carbocycles. The molecule has 0 saturated carbocycles. The van der Waals surface area contributed by atoms with Crippen LogP contribution in [0, 0.1) is 5.82 Å². The standard InChI is InChI=1S/C19H26FN3O3/c1-19(2)12-14(8-11-26-19)18-21-17(22-23(18)9-3-10-24)13-25-16-6-4-15(20)5-7-16/h4-7,14,24H,3,8-13H2,1-2H3/t14-/m0/s1. The highest BCUT2D eigenvalue weighted by molar-refractivity contribution is 5.22. The van der Waals surface area contributed by atoms with Crippen molar-refractivity contribution in [3.8, 4) is 5.75 Å². The molecule has 0 spiro atoms. The van der Waals surface area contributed by atoms with Gasteiger partial charge in [-0.15, -0.1) is 0 Å². The van der Waals surface area contributed by atoms with Gasteiger partial charge in [-0.2, -0.15) is 5.10 Å². The third kappa shape index (κ3) is 4.80. The molecule has 1 N–H and O–H groups in total. The quantitative estimate of drug-likeness (QED) is 0.819. The minimum Gasteiger partial charge on any atom is -0.486 e. The number of nitrogens with zero attached hydrogens (tertiary/aromatic N) is 3. The van der Waals surface area contributed by atoms with E-state index in [0.717, 1.165) is 18.7 Å². The summed E-state index contributed by atoms with van der Waals surface area (Å²) < 4.78 is 26.3. The smallest absolute Gasteiger partial charge is 0.188 e. The van der Waals surface area contributed by atoms with Gasteiger partial charge in [0.15, 0.2) is 5.82 Å². The second-order valence-corrected chi connectivity index (χ2v) is 7.23. The van der Waals surface area contributed by atoms with E-state index >= 15 is 0 Å². The molecule has 3 rings (SSSR count). The molecule has 7 heteroatoms. The third-order valence-electron chi connectivity index (χ3n) is 4.52. The molecule has 2 aromatic rings. The SMILES string of the molecule is CC1(C)C[C@@H](c2nc(COc3ccc(F)cc3)nn2CCCO)CCO1. The Morgan fingerprint density at radius 3 is 2.81 bits per heavy atom. The van der Waals surface area contributed by atoms with E-state index in [1.807, 2.05) is 4.68 Å². The Bertz CT molecular complexity index is 715. The van der Waals surface area contributed by atoms with Crippen molar-refractivity contribution in [2.24, 2.45) is 0 Å². The second-order valence-electron chi connectivity index (χ2n) is 7.23. The minimum absolute atomic E-state index is 0.111. The predicted octanol–water partition coefficient (Wildman–Crippen LogP) is 3.05. The highest BCUT2D eigenvalue weighted by atomic mass is 19.1. The summed E-state index contributed by atoms with van der Waals surface area (Å²) in [6.45, 7) is 5.83. The number of hydrogen-bond acceptors (Lipinski definition) is 5. The van der Waals surface area contributed by atoms with Crippen molar-refractivity contribution in [2.45, 2.75) is 57.8 Å². The Labute approximate surface area is 153 Å². The molecule has 1 aromatic heterocycles. The van der Waals surface area contributed by atoms with Crippen molar-refractivity contribution < 1.29 is 19.0 Å². The normalized spacial score (nSPS) is 19.5. The Morgan fingerprint density at radius 2 is 2.12 bits per heavy atom. The fourth-order valence-electron chi connectivity index (χ4n) is 3.28. The predicted molar refractivity (Wildman–Crippen MR) is 94.5 cm³/mol. The Morgan fingerprint density at radius 1 is 1.35 bits per heavy atom. The minimum atomic E-state index is -0.298. The fraction of sp³-hybridized carbons (Fsp3) is 0.579. The van der Waals surface area contributed by atoms with E-state index in [1.165, 1.54) is 12.1 Å². The van der Waals surface area contributed by atoms with Gasteiger partial charge >= 0.3 is 0 Å². The lowest BCUT2D eigenvalue weighted by atomic mass is 9.88. The zero-order valence-electron chi connectivity index (χ0n) is 15.3. The summed E-state index contributed by atoms with van der Waals surface area (Å²) >= 11 is 0. The molecular weight excluding hydrogens is 337 g/mol. The summed E-state index contributed by atoms with van der Waals surface area (Å²) in [5.74, 6) is 2.06. The van der Waals surface area contributed by atoms with Gasteiger partial charge in [0, 0.05) is 25.7 Å². The van der Waals surface area contributed by atoms with Crippen molar-refractivity contribution in [3.05, 3.63) is 41.7 Å². The van der Waals surface area contributed by atoms with Gasteiger partial charge < -0.3 is 14.6 Å². The number of hydrogen-bond donors (Lipinski definition) is 1. The molecule has 1 atom stereocenters. The molecular formula is C19H26FN3O3. The summed E-state index contributed by atoms with van der Waals surface area (Å²) in [6.07, 6.45) is 2.41. The number of rotatable bonds is 7. The third-order valence-corrected chi connectivity index (χ3v) is 4.52. The summed E-state index contributed by atoms with van der Waals surface area (Å²) in [4.78, 5) is 4.70. The Balaban J connectivity index is 1.74. The maximum Gasteiger partial charge on any atom is 0.188 e. The van der Waals surface area contributed by atoms with Gasteiger partial charge in [0.2, 0.25) is 0 Å². The van der Waals surface area contributed by atoms with Gasteiger partial charge in [-0.3, -0.25) is 0 Å². The molecule has 142 valence electrons. The van der Waals surface area contributed by atoms with Gasteiger partial charge in [0.1, 0.15) is 24.0 Å². The van der Waals surface area contributed by atoms with Crippen LogP contribution in [0.5, 0.6) is 5.75 Å². The van der Waals surface area contributed by atoms with Crippen molar-refractivity contribution in [2.75, 3.05) is 13.2 Å². The largest absolute Gasteiger partial charge is 0.486 e. The van der Waals surface area contributed by atoms with E-state index in [0.29, 0.717) is 31.1 Å². The van der Waals surface area contributed by atoms with E-state index in [4.69, 9.17) is 19.6 Å². The highest BCUT2D eigenvalue weighted by Gasteiger charge is 2.32. The maximum atomic E-state index is 13.0. The summed E-state index contributed by atoms with van der Waals surface area (Å²) in [7, 11) is 0. The van der Waals surface area contributed by atoms with E-state index in [9.17, 15) is 4.39 Å². The molecule has 0 unspecified atom stereocenters. The first-order chi connectivity index (χ1) is 12.5. The van der Waals surface area contributed by atoms with Crippen LogP contribution in [0.15, 0.2) is 24.3 Å². The number of ether oxygens (including phenoxy) is 2. The van der Waals surface area contributed by atoms with Crippen molar-refractivity contribution in [1.82, 2.24) is 14.8 Å². The van der Waals surface area contributed by atoms with Crippen LogP contribution in [0.3, 0.4) is 0 Å². The van der Waals surface area contributed by atoms with Crippen LogP contribution in [0.4, 0.5) is 4.39 Å². The molecule has 0 amide bonds. The van der Waals surface area contributed by atoms with Crippen LogP contribution in [-0.2, 0) is 17.9 Å². The molecule has 1 aliphatic heterocycles. The molecule has 6 nitrogen and oxygen atoms in total. The monoisotopic (exact) mass is 363 g/mol. The topological polar surface area (TPSA) is 69.4 Å². The lowest BCUT2D eigenvalue weighted by molar-refractivity contribution is -0.0608. The van der Waals surface area contributed by atoms with Crippen molar-refractivity contribution in [1.29, 1.82) is 0 Å². The molecule has 0 aliphatic carbocycles. The fourth-order valence-corrected chi connectivity index (χ4v) is 3.28. The van der Waals surface area contributed by atoms with Gasteiger partial charge in [-0.05, 0) is 57.4 Å². The van der Waals surface area contributed by atoms with E-state index in [2.05, 4.69) is 18.9 Å². The zero-order valence-corrected chi connectivity index (χ0v) is 15.3. The lowest BCUT2D eigenvalue weighted by Crippen LogP contribution is -2.34. The van der Waals surface area contributed by atoms with Crippen LogP contribution in [0.25, 0.3) is 0 Å². The van der Waals surface area contributed by atoms with Gasteiger partial charge in [0.25, 0.3) is 0 Å². The molecule has 1 aliphatic rings. The molecule has 2 heterocycles. The first-order valence-electron chi connectivity index (χ1n) is 9.04. The number of benzene rings is 1. The Hall–Kier alpha value is -1.99. The number of halogens is 1. The van der Waals surface area contributed by atoms with Gasteiger partial charge in [-0.1, -0.05) is 0 Å². The zero-order chi connectivity index (χ0) is 18.6. The molecule has 1 fully saturated rings. The van der Waals surface area contributed by atoms with E-state index in [-0.39, 0.29) is 30.5 Å². The average molecular weight is 363 g/mol. The number of aliphatic hydroxyl groups is 1. The average Bonchev–Trinajstić information content (AvgIpc) is 3.02. The first-order valence-corrected chi connectivity index (χ1v) is 9.04. The van der Waals surface area contributed by atoms with Crippen LogP contribution >= 0.6 is 0 Å². The molecule has 0 bridgehead atoms. The number of aryl methyl sites for hydroxylation is 1. The van der Waals surface area contributed by atoms with Gasteiger partial charge in [-0.25, -0.2) is 14.1 Å². The molecule has 0 radical (unpaired) electrons. The van der Waals surface area contributed by atoms with E-state index < -0.39 is 0 Å². The number of aliphatic hydroxyl groups excluding tert-OH is 1. The summed E-state index contributed by atoms with van der Waals surface area (Å²) in [5.41, 5.74) is -0.179. The maximum absolute atomic E-state index is 13.0. The van der Waals surface area contributed by atoms with Crippen LogP contribution in [0.1, 0.15) is 50.7 Å². The van der Waals surface area contributed by atoms with Crippen LogP contribution in [-0.4, -0.2) is 38.7 Å².